The maximum atomic E-state index is 12.8. The van der Waals surface area contributed by atoms with Crippen LogP contribution in [0.2, 0.25) is 0 Å². The van der Waals surface area contributed by atoms with Crippen molar-refractivity contribution in [1.82, 2.24) is 4.98 Å². The molecule has 0 bridgehead atoms. The van der Waals surface area contributed by atoms with Crippen LogP contribution in [0.15, 0.2) is 57.7 Å². The van der Waals surface area contributed by atoms with Crippen molar-refractivity contribution in [1.29, 1.82) is 0 Å². The minimum atomic E-state index is -0.243. The number of rotatable bonds is 3. The zero-order valence-corrected chi connectivity index (χ0v) is 12.0. The van der Waals surface area contributed by atoms with Crippen LogP contribution in [0.3, 0.4) is 0 Å². The Labute approximate surface area is 123 Å². The van der Waals surface area contributed by atoms with Gasteiger partial charge in [-0.1, -0.05) is 47.4 Å². The van der Waals surface area contributed by atoms with Crippen LogP contribution in [0.5, 0.6) is 0 Å². The largest absolute Gasteiger partial charge is 0.277 e. The average molecular weight is 303 g/mol. The van der Waals surface area contributed by atoms with Gasteiger partial charge in [0.1, 0.15) is 5.82 Å². The van der Waals surface area contributed by atoms with Crippen molar-refractivity contribution in [3.8, 4) is 0 Å². The second-order valence-electron chi connectivity index (χ2n) is 4.20. The Morgan fingerprint density at radius 1 is 1.10 bits per heavy atom. The zero-order valence-electron chi connectivity index (χ0n) is 10.4. The predicted molar refractivity (Wildman–Crippen MR) is 81.9 cm³/mol. The van der Waals surface area contributed by atoms with Gasteiger partial charge < -0.3 is 0 Å². The van der Waals surface area contributed by atoms with Gasteiger partial charge in [-0.15, -0.1) is 0 Å². The summed E-state index contributed by atoms with van der Waals surface area (Å²) in [4.78, 5) is 16.4. The number of nitrogens with zero attached hydrogens (tertiary/aromatic N) is 1. The summed E-state index contributed by atoms with van der Waals surface area (Å²) in [5.41, 5.74) is 1.73. The Bertz CT molecular complexity index is 799. The van der Waals surface area contributed by atoms with Crippen molar-refractivity contribution < 1.29 is 4.39 Å². The van der Waals surface area contributed by atoms with Crippen LogP contribution in [0, 0.1) is 5.82 Å². The highest BCUT2D eigenvalue weighted by Gasteiger charge is 2.05. The van der Waals surface area contributed by atoms with Crippen LogP contribution < -0.4 is 4.74 Å². The molecule has 0 saturated heterocycles. The topological polar surface area (TPSA) is 30.0 Å². The predicted octanol–water partition coefficient (Wildman–Crippen LogP) is 4.09. The molecule has 0 spiro atoms. The van der Waals surface area contributed by atoms with E-state index in [-0.39, 0.29) is 10.6 Å². The van der Waals surface area contributed by atoms with Gasteiger partial charge in [0.15, 0.2) is 4.34 Å². The van der Waals surface area contributed by atoms with Gasteiger partial charge in [0.05, 0.1) is 10.9 Å². The van der Waals surface area contributed by atoms with Gasteiger partial charge in [0.25, 0.3) is 0 Å². The zero-order chi connectivity index (χ0) is 13.9. The quantitative estimate of drug-likeness (QED) is 0.683. The van der Waals surface area contributed by atoms with Gasteiger partial charge in [0.2, 0.25) is 4.74 Å². The SMILES string of the molecule is O=c1sc(SCc2ccc(F)cc2)nc2ccccc12. The van der Waals surface area contributed by atoms with E-state index in [2.05, 4.69) is 4.98 Å². The molecule has 0 fully saturated rings. The van der Waals surface area contributed by atoms with Crippen LogP contribution in [0.4, 0.5) is 4.39 Å². The van der Waals surface area contributed by atoms with Gasteiger partial charge in [0, 0.05) is 5.75 Å². The van der Waals surface area contributed by atoms with Crippen LogP contribution in [-0.2, 0) is 5.75 Å². The molecule has 0 radical (unpaired) electrons. The van der Waals surface area contributed by atoms with E-state index in [1.54, 1.807) is 18.2 Å². The van der Waals surface area contributed by atoms with E-state index < -0.39 is 0 Å². The van der Waals surface area contributed by atoms with Gasteiger partial charge in [-0.05, 0) is 29.8 Å². The van der Waals surface area contributed by atoms with E-state index in [4.69, 9.17) is 0 Å². The first kappa shape index (κ1) is 13.3. The van der Waals surface area contributed by atoms with Crippen LogP contribution in [0.25, 0.3) is 10.9 Å². The summed E-state index contributed by atoms with van der Waals surface area (Å²) in [5, 5.41) is 0.656. The molecule has 2 nitrogen and oxygen atoms in total. The van der Waals surface area contributed by atoms with E-state index in [1.807, 2.05) is 18.2 Å². The Balaban J connectivity index is 1.84. The summed E-state index contributed by atoms with van der Waals surface area (Å²) in [6.45, 7) is 0. The second kappa shape index (κ2) is 5.73. The van der Waals surface area contributed by atoms with Crippen molar-refractivity contribution in [2.75, 3.05) is 0 Å². The lowest BCUT2D eigenvalue weighted by molar-refractivity contribution is 0.627. The molecule has 3 rings (SSSR count). The number of aromatic nitrogens is 1. The molecule has 0 saturated carbocycles. The molecule has 5 heteroatoms. The van der Waals surface area contributed by atoms with Gasteiger partial charge >= 0.3 is 0 Å². The number of hydrogen-bond acceptors (Lipinski definition) is 4. The molecule has 0 amide bonds. The lowest BCUT2D eigenvalue weighted by Gasteiger charge is -2.02. The first-order valence-electron chi connectivity index (χ1n) is 5.99. The van der Waals surface area contributed by atoms with Crippen LogP contribution in [-0.4, -0.2) is 4.98 Å². The Morgan fingerprint density at radius 2 is 1.85 bits per heavy atom. The molecule has 2 aromatic carbocycles. The molecule has 0 atom stereocenters. The highest BCUT2D eigenvalue weighted by molar-refractivity contribution is 8.00. The number of fused-ring (bicyclic) bond motifs is 1. The fourth-order valence-corrected chi connectivity index (χ4v) is 3.66. The van der Waals surface area contributed by atoms with E-state index in [0.29, 0.717) is 11.1 Å². The van der Waals surface area contributed by atoms with Gasteiger partial charge in [-0.25, -0.2) is 9.37 Å². The van der Waals surface area contributed by atoms with Crippen molar-refractivity contribution in [2.45, 2.75) is 10.1 Å². The Morgan fingerprint density at radius 3 is 2.65 bits per heavy atom. The van der Waals surface area contributed by atoms with Crippen LogP contribution >= 0.6 is 23.1 Å². The van der Waals surface area contributed by atoms with E-state index >= 15 is 0 Å². The third-order valence-corrected chi connectivity index (χ3v) is 4.88. The molecule has 20 heavy (non-hydrogen) atoms. The summed E-state index contributed by atoms with van der Waals surface area (Å²) in [6.07, 6.45) is 0. The summed E-state index contributed by atoms with van der Waals surface area (Å²) in [6, 6.07) is 13.7. The molecule has 1 aromatic heterocycles. The van der Waals surface area contributed by atoms with Crippen molar-refractivity contribution in [3.05, 3.63) is 69.4 Å². The lowest BCUT2D eigenvalue weighted by atomic mass is 10.2. The maximum absolute atomic E-state index is 12.8. The summed E-state index contributed by atoms with van der Waals surface area (Å²) >= 11 is 2.64. The third kappa shape index (κ3) is 2.89. The molecule has 1 heterocycles. The average Bonchev–Trinajstić information content (AvgIpc) is 2.47. The Hall–Kier alpha value is -1.72. The van der Waals surface area contributed by atoms with E-state index in [9.17, 15) is 9.18 Å². The van der Waals surface area contributed by atoms with Crippen molar-refractivity contribution in [2.24, 2.45) is 0 Å². The van der Waals surface area contributed by atoms with E-state index in [0.717, 1.165) is 26.8 Å². The Kier molecular flexibility index (Phi) is 3.80. The normalized spacial score (nSPS) is 10.8. The highest BCUT2D eigenvalue weighted by Crippen LogP contribution is 2.24. The molecule has 100 valence electrons. The fraction of sp³-hybridized carbons (Fsp3) is 0.0667. The highest BCUT2D eigenvalue weighted by atomic mass is 32.2. The molecule has 0 N–H and O–H groups in total. The van der Waals surface area contributed by atoms with Crippen molar-refractivity contribution in [3.63, 3.8) is 0 Å². The molecular weight excluding hydrogens is 293 g/mol. The van der Waals surface area contributed by atoms with Gasteiger partial charge in [-0.3, -0.25) is 4.79 Å². The maximum Gasteiger partial charge on any atom is 0.244 e. The number of para-hydroxylation sites is 1. The number of benzene rings is 2. The lowest BCUT2D eigenvalue weighted by Crippen LogP contribution is -1.97. The third-order valence-electron chi connectivity index (χ3n) is 2.79. The molecule has 3 aromatic rings. The minimum Gasteiger partial charge on any atom is -0.277 e. The van der Waals surface area contributed by atoms with Crippen LogP contribution in [0.1, 0.15) is 5.56 Å². The number of thioether (sulfide) groups is 1. The summed E-state index contributed by atoms with van der Waals surface area (Å²) < 4.78 is 13.6. The number of halogens is 1. The summed E-state index contributed by atoms with van der Waals surface area (Å²) in [5.74, 6) is 0.425. The first-order valence-corrected chi connectivity index (χ1v) is 7.80. The molecule has 0 aliphatic rings. The molecule has 0 aliphatic carbocycles. The first-order chi connectivity index (χ1) is 9.72. The van der Waals surface area contributed by atoms with Gasteiger partial charge in [-0.2, -0.15) is 0 Å². The van der Waals surface area contributed by atoms with E-state index in [1.165, 1.54) is 23.9 Å². The standard InChI is InChI=1S/C15H10FNOS2/c16-11-7-5-10(6-8-11)9-19-15-17-13-4-2-1-3-12(13)14(18)20-15/h1-8H,9H2. The summed E-state index contributed by atoms with van der Waals surface area (Å²) in [7, 11) is 0. The smallest absolute Gasteiger partial charge is 0.244 e. The molecule has 0 aliphatic heterocycles. The molecule has 0 unspecified atom stereocenters. The monoisotopic (exact) mass is 303 g/mol. The van der Waals surface area contributed by atoms with Crippen molar-refractivity contribution >= 4 is 34.0 Å². The number of hydrogen-bond donors (Lipinski definition) is 0. The molecular formula is C15H10FNOS2. The second-order valence-corrected chi connectivity index (χ2v) is 6.38. The minimum absolute atomic E-state index is 0.0252. The fourth-order valence-electron chi connectivity index (χ4n) is 1.79.